The largest absolute Gasteiger partial charge is 0.457 e. The maximum atomic E-state index is 11.5. The van der Waals surface area contributed by atoms with E-state index < -0.39 is 5.97 Å². The highest BCUT2D eigenvalue weighted by molar-refractivity contribution is 6.30. The maximum absolute atomic E-state index is 11.5. The van der Waals surface area contributed by atoms with Crippen LogP contribution in [0.2, 0.25) is 5.02 Å². The predicted octanol–water partition coefficient (Wildman–Crippen LogP) is 2.93. The van der Waals surface area contributed by atoms with Gasteiger partial charge in [-0.3, -0.25) is 4.98 Å². The second-order valence-electron chi connectivity index (χ2n) is 3.39. The minimum absolute atomic E-state index is 0.157. The lowest BCUT2D eigenvalue weighted by Gasteiger charge is -2.07. The molecule has 92 valence electrons. The minimum atomic E-state index is -0.475. The molecule has 5 heteroatoms. The van der Waals surface area contributed by atoms with Gasteiger partial charge in [-0.25, -0.2) is 4.79 Å². The summed E-state index contributed by atoms with van der Waals surface area (Å²) in [6.07, 6.45) is 3.02. The van der Waals surface area contributed by atoms with Crippen molar-refractivity contribution in [2.75, 3.05) is 6.79 Å². The summed E-state index contributed by atoms with van der Waals surface area (Å²) in [6.45, 7) is -0.157. The van der Waals surface area contributed by atoms with Crippen molar-refractivity contribution in [3.05, 3.63) is 59.4 Å². The Bertz CT molecular complexity index is 514. The van der Waals surface area contributed by atoms with E-state index in [0.29, 0.717) is 16.3 Å². The lowest BCUT2D eigenvalue weighted by Crippen LogP contribution is -2.10. The number of carbonyl (C=O) groups is 1. The van der Waals surface area contributed by atoms with Gasteiger partial charge in [0.1, 0.15) is 5.75 Å². The van der Waals surface area contributed by atoms with E-state index in [0.717, 1.165) is 0 Å². The van der Waals surface area contributed by atoms with Gasteiger partial charge in [-0.15, -0.1) is 0 Å². The Kier molecular flexibility index (Phi) is 4.15. The third-order valence-electron chi connectivity index (χ3n) is 2.13. The van der Waals surface area contributed by atoms with Crippen molar-refractivity contribution in [1.82, 2.24) is 4.98 Å². The summed E-state index contributed by atoms with van der Waals surface area (Å²) in [5.41, 5.74) is 0.386. The van der Waals surface area contributed by atoms with Crippen LogP contribution in [0.5, 0.6) is 5.75 Å². The number of esters is 1. The second-order valence-corrected chi connectivity index (χ2v) is 3.83. The highest BCUT2D eigenvalue weighted by Gasteiger charge is 2.06. The number of pyridine rings is 1. The fourth-order valence-electron chi connectivity index (χ4n) is 1.25. The number of aromatic nitrogens is 1. The van der Waals surface area contributed by atoms with Gasteiger partial charge in [0.2, 0.25) is 6.79 Å². The van der Waals surface area contributed by atoms with Gasteiger partial charge >= 0.3 is 5.97 Å². The molecule has 0 atom stereocenters. The number of nitrogens with zero attached hydrogens (tertiary/aromatic N) is 1. The quantitative estimate of drug-likeness (QED) is 0.629. The summed E-state index contributed by atoms with van der Waals surface area (Å²) < 4.78 is 10.2. The molecule has 0 spiro atoms. The molecule has 0 aliphatic heterocycles. The van der Waals surface area contributed by atoms with Gasteiger partial charge in [0.05, 0.1) is 5.56 Å². The molecule has 1 heterocycles. The maximum Gasteiger partial charge on any atom is 0.342 e. The summed E-state index contributed by atoms with van der Waals surface area (Å²) in [5, 5.41) is 0.620. The highest BCUT2D eigenvalue weighted by Crippen LogP contribution is 2.15. The van der Waals surface area contributed by atoms with Gasteiger partial charge in [0, 0.05) is 17.4 Å². The number of halogens is 1. The molecule has 1 aromatic carbocycles. The summed E-state index contributed by atoms with van der Waals surface area (Å²) in [5.74, 6) is 0.107. The van der Waals surface area contributed by atoms with Gasteiger partial charge in [-0.05, 0) is 36.4 Å². The van der Waals surface area contributed by atoms with Crippen LogP contribution in [0, 0.1) is 0 Å². The molecule has 0 bridgehead atoms. The standard InChI is InChI=1S/C13H10ClNO3/c14-11-3-5-12(6-4-11)17-9-18-13(16)10-2-1-7-15-8-10/h1-8H,9H2. The van der Waals surface area contributed by atoms with Crippen molar-refractivity contribution >= 4 is 17.6 Å². The molecule has 0 N–H and O–H groups in total. The summed E-state index contributed by atoms with van der Waals surface area (Å²) >= 11 is 5.73. The number of ether oxygens (including phenoxy) is 2. The molecule has 2 aromatic rings. The van der Waals surface area contributed by atoms with Crippen LogP contribution in [0.3, 0.4) is 0 Å². The van der Waals surface area contributed by atoms with E-state index in [1.54, 1.807) is 42.6 Å². The summed E-state index contributed by atoms with van der Waals surface area (Å²) in [7, 11) is 0. The van der Waals surface area contributed by atoms with Gasteiger partial charge in [-0.2, -0.15) is 0 Å². The van der Waals surface area contributed by atoms with Crippen molar-refractivity contribution in [2.24, 2.45) is 0 Å². The summed E-state index contributed by atoms with van der Waals surface area (Å²) in [4.78, 5) is 15.4. The lowest BCUT2D eigenvalue weighted by molar-refractivity contribution is 0.0154. The molecular weight excluding hydrogens is 254 g/mol. The van der Waals surface area contributed by atoms with Crippen LogP contribution in [0.1, 0.15) is 10.4 Å². The van der Waals surface area contributed by atoms with Crippen molar-refractivity contribution in [3.63, 3.8) is 0 Å². The first-order chi connectivity index (χ1) is 8.75. The molecule has 0 aliphatic rings. The van der Waals surface area contributed by atoms with E-state index in [9.17, 15) is 4.79 Å². The number of hydrogen-bond acceptors (Lipinski definition) is 4. The zero-order valence-corrected chi connectivity index (χ0v) is 10.1. The first-order valence-corrected chi connectivity index (χ1v) is 5.59. The van der Waals surface area contributed by atoms with Crippen LogP contribution >= 0.6 is 11.6 Å². The average Bonchev–Trinajstić information content (AvgIpc) is 2.42. The SMILES string of the molecule is O=C(OCOc1ccc(Cl)cc1)c1cccnc1. The Morgan fingerprint density at radius 1 is 1.22 bits per heavy atom. The average molecular weight is 264 g/mol. The molecule has 0 amide bonds. The third-order valence-corrected chi connectivity index (χ3v) is 2.38. The number of hydrogen-bond donors (Lipinski definition) is 0. The Morgan fingerprint density at radius 3 is 2.67 bits per heavy atom. The van der Waals surface area contributed by atoms with Crippen molar-refractivity contribution in [1.29, 1.82) is 0 Å². The van der Waals surface area contributed by atoms with Crippen LogP contribution in [-0.4, -0.2) is 17.7 Å². The van der Waals surface area contributed by atoms with Crippen LogP contribution < -0.4 is 4.74 Å². The minimum Gasteiger partial charge on any atom is -0.457 e. The van der Waals surface area contributed by atoms with Crippen LogP contribution in [-0.2, 0) is 4.74 Å². The molecule has 0 saturated carbocycles. The lowest BCUT2D eigenvalue weighted by atomic mass is 10.3. The Morgan fingerprint density at radius 2 is 2.00 bits per heavy atom. The molecule has 18 heavy (non-hydrogen) atoms. The third kappa shape index (κ3) is 3.46. The van der Waals surface area contributed by atoms with Gasteiger partial charge in [-0.1, -0.05) is 11.6 Å². The number of rotatable bonds is 4. The number of carbonyl (C=O) groups excluding carboxylic acids is 1. The van der Waals surface area contributed by atoms with Crippen molar-refractivity contribution in [2.45, 2.75) is 0 Å². The Hall–Kier alpha value is -2.07. The number of benzene rings is 1. The molecule has 4 nitrogen and oxygen atoms in total. The van der Waals surface area contributed by atoms with E-state index in [1.165, 1.54) is 6.20 Å². The highest BCUT2D eigenvalue weighted by atomic mass is 35.5. The fraction of sp³-hybridized carbons (Fsp3) is 0.0769. The van der Waals surface area contributed by atoms with E-state index >= 15 is 0 Å². The smallest absolute Gasteiger partial charge is 0.342 e. The first-order valence-electron chi connectivity index (χ1n) is 5.21. The second kappa shape index (κ2) is 6.02. The molecule has 1 aromatic heterocycles. The molecular formula is C13H10ClNO3. The first kappa shape index (κ1) is 12.4. The van der Waals surface area contributed by atoms with E-state index in [-0.39, 0.29) is 6.79 Å². The van der Waals surface area contributed by atoms with Gasteiger partial charge in [0.15, 0.2) is 0 Å². The molecule has 0 unspecified atom stereocenters. The normalized spacial score (nSPS) is 9.83. The van der Waals surface area contributed by atoms with Crippen molar-refractivity contribution < 1.29 is 14.3 Å². The van der Waals surface area contributed by atoms with E-state index in [1.807, 2.05) is 0 Å². The Labute approximate surface area is 109 Å². The van der Waals surface area contributed by atoms with Crippen LogP contribution in [0.25, 0.3) is 0 Å². The van der Waals surface area contributed by atoms with E-state index in [2.05, 4.69) is 4.98 Å². The van der Waals surface area contributed by atoms with Gasteiger partial charge in [0.25, 0.3) is 0 Å². The monoisotopic (exact) mass is 263 g/mol. The van der Waals surface area contributed by atoms with Gasteiger partial charge < -0.3 is 9.47 Å². The molecule has 0 aliphatic carbocycles. The molecule has 0 saturated heterocycles. The molecule has 2 rings (SSSR count). The zero-order chi connectivity index (χ0) is 12.8. The molecule has 0 radical (unpaired) electrons. The Balaban J connectivity index is 1.82. The molecule has 0 fully saturated rings. The predicted molar refractivity (Wildman–Crippen MR) is 66.6 cm³/mol. The zero-order valence-electron chi connectivity index (χ0n) is 9.38. The fourth-order valence-corrected chi connectivity index (χ4v) is 1.37. The van der Waals surface area contributed by atoms with E-state index in [4.69, 9.17) is 21.1 Å². The summed E-state index contributed by atoms with van der Waals surface area (Å²) in [6, 6.07) is 10.1. The van der Waals surface area contributed by atoms with Crippen LogP contribution in [0.4, 0.5) is 0 Å². The van der Waals surface area contributed by atoms with Crippen molar-refractivity contribution in [3.8, 4) is 5.75 Å². The topological polar surface area (TPSA) is 48.4 Å². The van der Waals surface area contributed by atoms with Crippen LogP contribution in [0.15, 0.2) is 48.8 Å².